The van der Waals surface area contributed by atoms with Crippen LogP contribution in [0.1, 0.15) is 0 Å². The molecular weight excluding hydrogens is 76.9 g/mol. The van der Waals surface area contributed by atoms with Crippen LogP contribution in [-0.2, 0) is 4.74 Å². The Hall–Kier alpha value is -0.0151. The van der Waals surface area contributed by atoms with Crippen molar-refractivity contribution < 1.29 is 4.74 Å². The fraction of sp³-hybridized carbons (Fsp3) is 1.00. The molecule has 0 aromatic heterocycles. The number of hydrogen-bond acceptors (Lipinski definition) is 2. The van der Waals surface area contributed by atoms with Gasteiger partial charge in [-0.05, 0) is 0 Å². The van der Waals surface area contributed by atoms with Crippen molar-refractivity contribution in [2.75, 3.05) is 13.2 Å². The van der Waals surface area contributed by atoms with Crippen LogP contribution < -0.4 is 5.32 Å². The average Bonchev–Trinajstić information content (AvgIpc) is 1.86. The lowest BCUT2D eigenvalue weighted by atomic mass is 10.1. The molecule has 0 aromatic carbocycles. The van der Waals surface area contributed by atoms with Crippen molar-refractivity contribution in [1.82, 2.24) is 5.32 Å². The highest BCUT2D eigenvalue weighted by atomic mass is 16.5. The Morgan fingerprint density at radius 2 is 2.67 bits per heavy atom. The summed E-state index contributed by atoms with van der Waals surface area (Å²) in [6.45, 7) is 1.89. The minimum Gasteiger partial charge on any atom is -0.371 e. The Bertz CT molecular complexity index is 44.1. The van der Waals surface area contributed by atoms with E-state index >= 15 is 0 Å². The molecule has 3 heteroatoms. The molecule has 0 spiro atoms. The molecule has 0 saturated carbocycles. The molecule has 6 heavy (non-hydrogen) atoms. The second-order valence-corrected chi connectivity index (χ2v) is 1.47. The van der Waals surface area contributed by atoms with Crippen LogP contribution in [0.3, 0.4) is 0 Å². The fourth-order valence-corrected chi connectivity index (χ4v) is 0.557. The van der Waals surface area contributed by atoms with Crippen molar-refractivity contribution in [1.29, 1.82) is 0 Å². The number of ether oxygens (including phenoxy) is 1. The Morgan fingerprint density at radius 1 is 1.83 bits per heavy atom. The van der Waals surface area contributed by atoms with Crippen molar-refractivity contribution in [2.24, 2.45) is 0 Å². The Kier molecular flexibility index (Phi) is 1.12. The maximum absolute atomic E-state index is 5.04. The van der Waals surface area contributed by atoms with Crippen molar-refractivity contribution >= 4 is 7.85 Å². The maximum atomic E-state index is 5.04. The van der Waals surface area contributed by atoms with Crippen LogP contribution in [0.2, 0.25) is 0 Å². The molecule has 0 amide bonds. The SMILES string of the molecule is BC1NCCO1. The molecule has 0 bridgehead atoms. The molecule has 1 N–H and O–H groups in total. The van der Waals surface area contributed by atoms with Crippen LogP contribution in [0.5, 0.6) is 0 Å². The van der Waals surface area contributed by atoms with E-state index in [1.165, 1.54) is 0 Å². The fourth-order valence-electron chi connectivity index (χ4n) is 0.557. The highest BCUT2D eigenvalue weighted by Gasteiger charge is 2.05. The second-order valence-electron chi connectivity index (χ2n) is 1.47. The summed E-state index contributed by atoms with van der Waals surface area (Å²) in [5.41, 5.74) is 0. The van der Waals surface area contributed by atoms with Crippen LogP contribution in [0.25, 0.3) is 0 Å². The van der Waals surface area contributed by atoms with Gasteiger partial charge in [0.1, 0.15) is 0 Å². The van der Waals surface area contributed by atoms with E-state index in [-0.39, 0.29) is 0 Å². The quantitative estimate of drug-likeness (QED) is 0.362. The van der Waals surface area contributed by atoms with Gasteiger partial charge in [-0.1, -0.05) is 0 Å². The standard InChI is InChI=1S/C3H8BNO/c4-3-5-1-2-6-3/h3,5H,1-2,4H2. The number of nitrogens with one attached hydrogen (secondary N) is 1. The van der Waals surface area contributed by atoms with E-state index < -0.39 is 0 Å². The molecule has 1 saturated heterocycles. The zero-order valence-electron chi connectivity index (χ0n) is 3.90. The molecular formula is C3H8BNO. The van der Waals surface area contributed by atoms with E-state index in [9.17, 15) is 0 Å². The normalized spacial score (nSPS) is 34.3. The third kappa shape index (κ3) is 0.728. The molecule has 1 unspecified atom stereocenters. The first-order valence-corrected chi connectivity index (χ1v) is 2.24. The molecule has 1 fully saturated rings. The summed E-state index contributed by atoms with van der Waals surface area (Å²) >= 11 is 0. The lowest BCUT2D eigenvalue weighted by Crippen LogP contribution is -2.21. The van der Waals surface area contributed by atoms with Crippen LogP contribution in [-0.4, -0.2) is 27.1 Å². The van der Waals surface area contributed by atoms with Crippen LogP contribution in [0.15, 0.2) is 0 Å². The summed E-state index contributed by atoms with van der Waals surface area (Å²) in [5.74, 6) is 0. The zero-order chi connectivity index (χ0) is 4.41. The van der Waals surface area contributed by atoms with E-state index in [0.717, 1.165) is 13.2 Å². The molecule has 1 aliphatic heterocycles. The first-order chi connectivity index (χ1) is 2.89. The van der Waals surface area contributed by atoms with E-state index in [2.05, 4.69) is 5.32 Å². The van der Waals surface area contributed by atoms with Crippen molar-refractivity contribution in [3.8, 4) is 0 Å². The first-order valence-electron chi connectivity index (χ1n) is 2.24. The monoisotopic (exact) mass is 85.1 g/mol. The van der Waals surface area contributed by atoms with Gasteiger partial charge < -0.3 is 4.74 Å². The van der Waals surface area contributed by atoms with E-state index in [0.29, 0.717) is 6.13 Å². The molecule has 0 radical (unpaired) electrons. The Morgan fingerprint density at radius 3 is 2.83 bits per heavy atom. The van der Waals surface area contributed by atoms with Crippen LogP contribution in [0, 0.1) is 0 Å². The smallest absolute Gasteiger partial charge is 0.158 e. The minimum absolute atomic E-state index is 0.296. The number of hydrogen-bond donors (Lipinski definition) is 1. The van der Waals surface area contributed by atoms with Gasteiger partial charge in [-0.2, -0.15) is 0 Å². The van der Waals surface area contributed by atoms with Crippen molar-refractivity contribution in [3.05, 3.63) is 0 Å². The lowest BCUT2D eigenvalue weighted by Gasteiger charge is -1.96. The molecule has 1 rings (SSSR count). The van der Waals surface area contributed by atoms with Crippen molar-refractivity contribution in [2.45, 2.75) is 6.13 Å². The van der Waals surface area contributed by atoms with Gasteiger partial charge in [-0.3, -0.25) is 5.32 Å². The predicted molar refractivity (Wildman–Crippen MR) is 26.3 cm³/mol. The molecule has 1 aliphatic rings. The third-order valence-electron chi connectivity index (χ3n) is 0.902. The zero-order valence-corrected chi connectivity index (χ0v) is 3.90. The molecule has 1 atom stereocenters. The lowest BCUT2D eigenvalue weighted by molar-refractivity contribution is 0.162. The van der Waals surface area contributed by atoms with Gasteiger partial charge in [0.05, 0.1) is 12.7 Å². The first kappa shape index (κ1) is 4.15. The third-order valence-corrected chi connectivity index (χ3v) is 0.902. The van der Waals surface area contributed by atoms with Crippen molar-refractivity contribution in [3.63, 3.8) is 0 Å². The van der Waals surface area contributed by atoms with Gasteiger partial charge in [-0.15, -0.1) is 0 Å². The van der Waals surface area contributed by atoms with Gasteiger partial charge in [0.2, 0.25) is 0 Å². The molecule has 34 valence electrons. The van der Waals surface area contributed by atoms with E-state index in [1.807, 2.05) is 7.85 Å². The van der Waals surface area contributed by atoms with E-state index in [4.69, 9.17) is 4.74 Å². The van der Waals surface area contributed by atoms with Gasteiger partial charge in [-0.25, -0.2) is 0 Å². The maximum Gasteiger partial charge on any atom is 0.158 e. The van der Waals surface area contributed by atoms with Gasteiger partial charge in [0, 0.05) is 6.54 Å². The van der Waals surface area contributed by atoms with Gasteiger partial charge in [0.15, 0.2) is 7.85 Å². The second kappa shape index (κ2) is 1.62. The highest BCUT2D eigenvalue weighted by molar-refractivity contribution is 6.10. The van der Waals surface area contributed by atoms with Gasteiger partial charge >= 0.3 is 0 Å². The summed E-state index contributed by atoms with van der Waals surface area (Å²) in [6.07, 6.45) is 0.296. The summed E-state index contributed by atoms with van der Waals surface area (Å²) in [4.78, 5) is 0. The summed E-state index contributed by atoms with van der Waals surface area (Å²) < 4.78 is 5.04. The number of rotatable bonds is 0. The molecule has 0 aromatic rings. The summed E-state index contributed by atoms with van der Waals surface area (Å²) in [7, 11) is 2.01. The predicted octanol–water partition coefficient (Wildman–Crippen LogP) is -1.48. The Balaban J connectivity index is 2.18. The van der Waals surface area contributed by atoms with Gasteiger partial charge in [0.25, 0.3) is 0 Å². The molecule has 1 heterocycles. The largest absolute Gasteiger partial charge is 0.371 e. The van der Waals surface area contributed by atoms with Crippen LogP contribution in [0.4, 0.5) is 0 Å². The average molecular weight is 84.9 g/mol. The van der Waals surface area contributed by atoms with Crippen LogP contribution >= 0.6 is 0 Å². The highest BCUT2D eigenvalue weighted by Crippen LogP contribution is 1.86. The summed E-state index contributed by atoms with van der Waals surface area (Å²) in [6, 6.07) is 0. The Labute approximate surface area is 38.3 Å². The summed E-state index contributed by atoms with van der Waals surface area (Å²) in [5, 5.41) is 3.10. The van der Waals surface area contributed by atoms with E-state index in [1.54, 1.807) is 0 Å². The minimum atomic E-state index is 0.296. The molecule has 0 aliphatic carbocycles. The topological polar surface area (TPSA) is 21.3 Å². The molecule has 2 nitrogen and oxygen atoms in total.